The van der Waals surface area contributed by atoms with Crippen LogP contribution in [0.1, 0.15) is 0 Å². The summed E-state index contributed by atoms with van der Waals surface area (Å²) in [6.45, 7) is 0. The van der Waals surface area contributed by atoms with Crippen LogP contribution in [-0.2, 0) is 21.7 Å². The third-order valence-corrected chi connectivity index (χ3v) is 4.41. The zero-order valence-corrected chi connectivity index (χ0v) is 22.2. The fraction of sp³-hybridized carbons (Fsp3) is 0. The van der Waals surface area contributed by atoms with Gasteiger partial charge in [0.2, 0.25) is 0 Å². The second-order valence-corrected chi connectivity index (χ2v) is 8.04. The number of hydrogen-bond donors (Lipinski definition) is 0. The van der Waals surface area contributed by atoms with E-state index in [1.807, 2.05) is 97.1 Å². The van der Waals surface area contributed by atoms with E-state index in [4.69, 9.17) is 0 Å². The van der Waals surface area contributed by atoms with Crippen LogP contribution in [0.3, 0.4) is 0 Å². The van der Waals surface area contributed by atoms with Gasteiger partial charge in [0.1, 0.15) is 0 Å². The minimum Gasteiger partial charge on any atom is -0.214 e. The number of benzene rings is 2. The molecule has 136 valence electrons. The summed E-state index contributed by atoms with van der Waals surface area (Å²) in [5.41, 5.74) is 0. The molecule has 0 atom stereocenters. The van der Waals surface area contributed by atoms with Crippen LogP contribution in [0.15, 0.2) is 115 Å². The van der Waals surface area contributed by atoms with Crippen molar-refractivity contribution in [3.63, 3.8) is 0 Å². The summed E-state index contributed by atoms with van der Waals surface area (Å²) < 4.78 is 3.91. The van der Waals surface area contributed by atoms with Crippen molar-refractivity contribution in [3.05, 3.63) is 127 Å². The van der Waals surface area contributed by atoms with Crippen molar-refractivity contribution in [2.24, 2.45) is 0 Å². The van der Waals surface area contributed by atoms with E-state index in [9.17, 15) is 0 Å². The fourth-order valence-electron chi connectivity index (χ4n) is 1.47. The number of rotatable bonds is 0. The first-order valence-corrected chi connectivity index (χ1v) is 10.7. The van der Waals surface area contributed by atoms with Gasteiger partial charge in [0, 0.05) is 0 Å². The first-order valence-electron chi connectivity index (χ1n) is 7.58. The van der Waals surface area contributed by atoms with Gasteiger partial charge in [-0.3, -0.25) is 0 Å². The van der Waals surface area contributed by atoms with Crippen LogP contribution < -0.4 is 0 Å². The molecular formula is C22H16Br4Ti. The van der Waals surface area contributed by atoms with Gasteiger partial charge in [-0.25, -0.2) is 24.3 Å². The van der Waals surface area contributed by atoms with Gasteiger partial charge >= 0.3 is 21.7 Å². The summed E-state index contributed by atoms with van der Waals surface area (Å²) in [5.74, 6) is 0. The molecule has 0 heterocycles. The van der Waals surface area contributed by atoms with E-state index in [-0.39, 0.29) is 21.7 Å². The Kier molecular flexibility index (Phi) is 17.7. The van der Waals surface area contributed by atoms with E-state index in [2.05, 4.69) is 75.9 Å². The van der Waals surface area contributed by atoms with Crippen molar-refractivity contribution in [1.29, 1.82) is 0 Å². The van der Waals surface area contributed by atoms with Gasteiger partial charge in [0.05, 0.1) is 0 Å². The molecule has 27 heavy (non-hydrogen) atoms. The molecule has 5 heteroatoms. The van der Waals surface area contributed by atoms with Crippen molar-refractivity contribution in [3.8, 4) is 0 Å². The molecule has 0 amide bonds. The molecule has 0 unspecified atom stereocenters. The summed E-state index contributed by atoms with van der Waals surface area (Å²) >= 11 is 13.1. The second kappa shape index (κ2) is 17.8. The van der Waals surface area contributed by atoms with Crippen LogP contribution in [0.5, 0.6) is 0 Å². The summed E-state index contributed by atoms with van der Waals surface area (Å²) in [4.78, 5) is 0. The monoisotopic (exact) mass is 644 g/mol. The standard InChI is InChI=1S/2C6H3Br2.2C5H5.Ti/c2*7-5-2-1-3-6(8)4-5;2*1-2-4-5-3-1;/h2*1-3H;2*1-5H;/q4*-1;+4. The molecule has 0 aliphatic carbocycles. The summed E-state index contributed by atoms with van der Waals surface area (Å²) in [5, 5.41) is 0. The van der Waals surface area contributed by atoms with Crippen molar-refractivity contribution < 1.29 is 21.7 Å². The Bertz CT molecular complexity index is 658. The molecule has 0 aliphatic heterocycles. The van der Waals surface area contributed by atoms with Gasteiger partial charge in [0.15, 0.2) is 0 Å². The third-order valence-electron chi connectivity index (χ3n) is 2.56. The first kappa shape index (κ1) is 26.8. The molecule has 0 saturated carbocycles. The van der Waals surface area contributed by atoms with E-state index in [0.717, 1.165) is 17.9 Å². The molecule has 4 aromatic carbocycles. The molecule has 0 aromatic heterocycles. The minimum absolute atomic E-state index is 0. The van der Waals surface area contributed by atoms with E-state index in [1.165, 1.54) is 0 Å². The van der Waals surface area contributed by atoms with Crippen LogP contribution in [0, 0.1) is 12.1 Å². The maximum absolute atomic E-state index is 3.28. The first-order chi connectivity index (χ1) is 12.6. The van der Waals surface area contributed by atoms with E-state index in [1.54, 1.807) is 0 Å². The molecular weight excluding hydrogens is 632 g/mol. The van der Waals surface area contributed by atoms with Gasteiger partial charge in [0.25, 0.3) is 0 Å². The van der Waals surface area contributed by atoms with Crippen molar-refractivity contribution in [2.75, 3.05) is 0 Å². The largest absolute Gasteiger partial charge is 4.00 e. The summed E-state index contributed by atoms with van der Waals surface area (Å²) in [6, 6.07) is 37.6. The molecule has 4 aromatic rings. The average molecular weight is 648 g/mol. The molecule has 4 rings (SSSR count). The predicted octanol–water partition coefficient (Wildman–Crippen LogP) is 8.83. The second-order valence-electron chi connectivity index (χ2n) is 4.62. The molecule has 0 bridgehead atoms. The Morgan fingerprint density at radius 1 is 0.481 bits per heavy atom. The van der Waals surface area contributed by atoms with Gasteiger partial charge in [-0.15, -0.1) is 0 Å². The van der Waals surface area contributed by atoms with Gasteiger partial charge in [-0.05, 0) is 0 Å². The number of hydrogen-bond acceptors (Lipinski definition) is 0. The molecule has 0 N–H and O–H groups in total. The minimum atomic E-state index is 0. The topological polar surface area (TPSA) is 0 Å². The van der Waals surface area contributed by atoms with Crippen LogP contribution in [0.2, 0.25) is 0 Å². The van der Waals surface area contributed by atoms with Crippen molar-refractivity contribution in [2.45, 2.75) is 0 Å². The molecule has 0 aliphatic rings. The zero-order chi connectivity index (χ0) is 19.0. The predicted molar refractivity (Wildman–Crippen MR) is 125 cm³/mol. The third kappa shape index (κ3) is 16.4. The molecule has 0 fully saturated rings. The van der Waals surface area contributed by atoms with Crippen LogP contribution in [0.25, 0.3) is 0 Å². The molecule has 0 nitrogen and oxygen atoms in total. The fourth-order valence-corrected chi connectivity index (χ4v) is 3.47. The Morgan fingerprint density at radius 3 is 0.852 bits per heavy atom. The molecule has 0 radical (unpaired) electrons. The maximum Gasteiger partial charge on any atom is 4.00 e. The Hall–Kier alpha value is -0.226. The SMILES string of the molecule is Brc1[c-]c(Br)ccc1.Brc1[c-]c(Br)ccc1.[Ti+4].c1cc[cH-]c1.c1cc[cH-]c1. The Labute approximate surface area is 210 Å². The van der Waals surface area contributed by atoms with Crippen molar-refractivity contribution in [1.82, 2.24) is 0 Å². The maximum atomic E-state index is 3.28. The van der Waals surface area contributed by atoms with Gasteiger partial charge in [-0.2, -0.15) is 84.9 Å². The van der Waals surface area contributed by atoms with Gasteiger partial charge in [-0.1, -0.05) is 81.6 Å². The van der Waals surface area contributed by atoms with Crippen LogP contribution >= 0.6 is 63.7 Å². The number of halogens is 4. The summed E-state index contributed by atoms with van der Waals surface area (Å²) in [6.07, 6.45) is 0. The van der Waals surface area contributed by atoms with E-state index < -0.39 is 0 Å². The van der Waals surface area contributed by atoms with E-state index >= 15 is 0 Å². The zero-order valence-electron chi connectivity index (χ0n) is 14.2. The molecule has 0 saturated heterocycles. The quantitative estimate of drug-likeness (QED) is 0.132. The Balaban J connectivity index is 0.000000337. The van der Waals surface area contributed by atoms with E-state index in [0.29, 0.717) is 0 Å². The average Bonchev–Trinajstić information content (AvgIpc) is 3.34. The van der Waals surface area contributed by atoms with Crippen LogP contribution in [-0.4, -0.2) is 0 Å². The smallest absolute Gasteiger partial charge is 0.214 e. The Morgan fingerprint density at radius 2 is 0.741 bits per heavy atom. The van der Waals surface area contributed by atoms with Gasteiger partial charge < -0.3 is 0 Å². The van der Waals surface area contributed by atoms with Crippen molar-refractivity contribution >= 4 is 63.7 Å². The molecule has 0 spiro atoms. The normalized spacial score (nSPS) is 8.44. The summed E-state index contributed by atoms with van der Waals surface area (Å²) in [7, 11) is 0. The van der Waals surface area contributed by atoms with Crippen LogP contribution in [0.4, 0.5) is 0 Å².